The van der Waals surface area contributed by atoms with E-state index < -0.39 is 14.7 Å². The highest BCUT2D eigenvalue weighted by molar-refractivity contribution is 7.63. The third-order valence-corrected chi connectivity index (χ3v) is 3.39. The van der Waals surface area contributed by atoms with E-state index in [1.165, 1.54) is 13.3 Å². The Hall–Kier alpha value is 0.380. The van der Waals surface area contributed by atoms with Gasteiger partial charge >= 0.3 is 7.60 Å². The molecule has 0 heterocycles. The van der Waals surface area contributed by atoms with Gasteiger partial charge in [-0.15, -0.1) is 0 Å². The van der Waals surface area contributed by atoms with Crippen LogP contribution in [0.3, 0.4) is 0 Å². The monoisotopic (exact) mass is 186 g/mol. The van der Waals surface area contributed by atoms with Crippen LogP contribution in [0.2, 0.25) is 0 Å². The highest BCUT2D eigenvalue weighted by Gasteiger charge is 2.17. The zero-order valence-electron chi connectivity index (χ0n) is 6.02. The molecule has 10 heavy (non-hydrogen) atoms. The average Bonchev–Trinajstić information content (AvgIpc) is 1.57. The highest BCUT2D eigenvalue weighted by atomic mass is 31.2. The van der Waals surface area contributed by atoms with Gasteiger partial charge in [-0.3, -0.25) is 4.57 Å². The van der Waals surface area contributed by atoms with Crippen LogP contribution in [0, 0.1) is 0 Å². The van der Waals surface area contributed by atoms with Crippen LogP contribution in [0.1, 0.15) is 0 Å². The third kappa shape index (κ3) is 8.38. The van der Waals surface area contributed by atoms with Crippen LogP contribution in [0.5, 0.6) is 0 Å². The lowest BCUT2D eigenvalue weighted by Gasteiger charge is -2.06. The van der Waals surface area contributed by atoms with Gasteiger partial charge in [0.25, 0.3) is 0 Å². The van der Waals surface area contributed by atoms with E-state index in [0.717, 1.165) is 0 Å². The molecular formula is C4H12O4P2. The standard InChI is InChI=1S/C4H12O4P2/c1-9(2,5)3-4-10(6,7)8/h3-4H2,1-2H3,(H2,6,7,8). The van der Waals surface area contributed by atoms with Crippen molar-refractivity contribution in [3.05, 3.63) is 0 Å². The molecule has 0 aliphatic rings. The van der Waals surface area contributed by atoms with Gasteiger partial charge in [-0.05, 0) is 13.3 Å². The molecule has 0 aromatic rings. The van der Waals surface area contributed by atoms with Crippen molar-refractivity contribution in [2.75, 3.05) is 25.7 Å². The Morgan fingerprint density at radius 2 is 1.50 bits per heavy atom. The summed E-state index contributed by atoms with van der Waals surface area (Å²) in [5, 5.41) is 0. The van der Waals surface area contributed by atoms with E-state index in [9.17, 15) is 9.13 Å². The van der Waals surface area contributed by atoms with E-state index >= 15 is 0 Å². The molecule has 0 aromatic carbocycles. The fourth-order valence-corrected chi connectivity index (χ4v) is 3.34. The first-order valence-corrected chi connectivity index (χ1v) is 7.38. The van der Waals surface area contributed by atoms with Crippen molar-refractivity contribution in [2.45, 2.75) is 0 Å². The zero-order chi connectivity index (χ0) is 8.41. The largest absolute Gasteiger partial charge is 0.326 e. The Morgan fingerprint density at radius 3 is 1.60 bits per heavy atom. The second-order valence-electron chi connectivity index (χ2n) is 2.69. The highest BCUT2D eigenvalue weighted by Crippen LogP contribution is 2.43. The zero-order valence-corrected chi connectivity index (χ0v) is 7.81. The van der Waals surface area contributed by atoms with Crippen molar-refractivity contribution in [3.63, 3.8) is 0 Å². The summed E-state index contributed by atoms with van der Waals surface area (Å²) < 4.78 is 21.2. The van der Waals surface area contributed by atoms with Crippen LogP contribution in [0.25, 0.3) is 0 Å². The van der Waals surface area contributed by atoms with Gasteiger partial charge in [0.2, 0.25) is 0 Å². The predicted molar refractivity (Wildman–Crippen MR) is 41.2 cm³/mol. The third-order valence-electron chi connectivity index (χ3n) is 0.930. The molecular weight excluding hydrogens is 174 g/mol. The van der Waals surface area contributed by atoms with Crippen LogP contribution >= 0.6 is 14.7 Å². The van der Waals surface area contributed by atoms with Gasteiger partial charge in [-0.2, -0.15) is 0 Å². The number of hydrogen-bond donors (Lipinski definition) is 2. The second kappa shape index (κ2) is 3.19. The average molecular weight is 186 g/mol. The van der Waals surface area contributed by atoms with E-state index in [1.807, 2.05) is 0 Å². The number of hydrogen-bond acceptors (Lipinski definition) is 2. The molecule has 0 rings (SSSR count). The molecule has 0 aliphatic carbocycles. The van der Waals surface area contributed by atoms with Gasteiger partial charge in [0.1, 0.15) is 0 Å². The smallest absolute Gasteiger partial charge is 0.324 e. The molecule has 0 aromatic heterocycles. The summed E-state index contributed by atoms with van der Waals surface area (Å²) in [5.41, 5.74) is 0. The molecule has 62 valence electrons. The molecule has 0 saturated heterocycles. The molecule has 0 radical (unpaired) electrons. The first kappa shape index (κ1) is 10.4. The minimum absolute atomic E-state index is 0.122. The van der Waals surface area contributed by atoms with E-state index in [1.54, 1.807) is 0 Å². The van der Waals surface area contributed by atoms with Crippen molar-refractivity contribution in [2.24, 2.45) is 0 Å². The Labute approximate surface area is 60.2 Å². The van der Waals surface area contributed by atoms with Crippen molar-refractivity contribution in [1.82, 2.24) is 0 Å². The van der Waals surface area contributed by atoms with Crippen molar-refractivity contribution < 1.29 is 18.9 Å². The van der Waals surface area contributed by atoms with E-state index in [2.05, 4.69) is 0 Å². The van der Waals surface area contributed by atoms with Gasteiger partial charge in [0, 0.05) is 6.16 Å². The second-order valence-corrected chi connectivity index (χ2v) is 8.06. The molecule has 0 bridgehead atoms. The van der Waals surface area contributed by atoms with Gasteiger partial charge in [0.05, 0.1) is 13.3 Å². The fourth-order valence-electron chi connectivity index (χ4n) is 0.371. The SMILES string of the molecule is CP(C)(=O)CCP(=O)(O)O. The number of rotatable bonds is 3. The summed E-state index contributed by atoms with van der Waals surface area (Å²) in [4.78, 5) is 16.7. The van der Waals surface area contributed by atoms with Gasteiger partial charge in [-0.25, -0.2) is 0 Å². The molecule has 0 saturated carbocycles. The van der Waals surface area contributed by atoms with Crippen LogP contribution < -0.4 is 0 Å². The summed E-state index contributed by atoms with van der Waals surface area (Å²) in [7, 11) is -6.19. The van der Waals surface area contributed by atoms with E-state index in [4.69, 9.17) is 9.79 Å². The first-order chi connectivity index (χ1) is 4.21. The molecule has 0 atom stereocenters. The lowest BCUT2D eigenvalue weighted by atomic mass is 11.0. The maximum atomic E-state index is 10.9. The molecule has 2 N–H and O–H groups in total. The maximum Gasteiger partial charge on any atom is 0.326 e. The lowest BCUT2D eigenvalue weighted by molar-refractivity contribution is 0.375. The Bertz CT molecular complexity index is 165. The first-order valence-electron chi connectivity index (χ1n) is 2.79. The summed E-state index contributed by atoms with van der Waals surface area (Å²) in [6.45, 7) is 3.03. The van der Waals surface area contributed by atoms with Gasteiger partial charge < -0.3 is 14.4 Å². The Balaban J connectivity index is 3.79. The van der Waals surface area contributed by atoms with Crippen LogP contribution in [0.15, 0.2) is 0 Å². The molecule has 0 aliphatic heterocycles. The molecule has 0 spiro atoms. The predicted octanol–water partition coefficient (Wildman–Crippen LogP) is 0.787. The molecule has 0 unspecified atom stereocenters. The minimum Gasteiger partial charge on any atom is -0.324 e. The summed E-state index contributed by atoms with van der Waals surface area (Å²) >= 11 is 0. The van der Waals surface area contributed by atoms with Crippen molar-refractivity contribution in [1.29, 1.82) is 0 Å². The Morgan fingerprint density at radius 1 is 1.10 bits per heavy atom. The fraction of sp³-hybridized carbons (Fsp3) is 1.00. The van der Waals surface area contributed by atoms with Crippen LogP contribution in [-0.4, -0.2) is 35.4 Å². The summed E-state index contributed by atoms with van der Waals surface area (Å²) in [5.74, 6) is 0. The van der Waals surface area contributed by atoms with E-state index in [-0.39, 0.29) is 12.3 Å². The normalized spacial score (nSPS) is 13.6. The molecule has 6 heteroatoms. The maximum absolute atomic E-state index is 10.9. The van der Waals surface area contributed by atoms with Crippen LogP contribution in [0.4, 0.5) is 0 Å². The summed E-state index contributed by atoms with van der Waals surface area (Å²) in [6.07, 6.45) is -0.144. The molecule has 0 amide bonds. The minimum atomic E-state index is -3.93. The lowest BCUT2D eigenvalue weighted by Crippen LogP contribution is -1.94. The topological polar surface area (TPSA) is 74.6 Å². The molecule has 0 fully saturated rings. The van der Waals surface area contributed by atoms with Gasteiger partial charge in [-0.1, -0.05) is 0 Å². The van der Waals surface area contributed by atoms with Crippen LogP contribution in [-0.2, 0) is 9.13 Å². The van der Waals surface area contributed by atoms with Crippen molar-refractivity contribution in [3.8, 4) is 0 Å². The van der Waals surface area contributed by atoms with E-state index in [0.29, 0.717) is 0 Å². The Kier molecular flexibility index (Phi) is 3.31. The summed E-state index contributed by atoms with van der Waals surface area (Å²) in [6, 6.07) is 0. The van der Waals surface area contributed by atoms with Crippen molar-refractivity contribution >= 4 is 14.7 Å². The molecule has 4 nitrogen and oxygen atoms in total. The quantitative estimate of drug-likeness (QED) is 0.639. The van der Waals surface area contributed by atoms with Gasteiger partial charge in [0.15, 0.2) is 0 Å².